The van der Waals surface area contributed by atoms with Gasteiger partial charge in [-0.1, -0.05) is 34.1 Å². The van der Waals surface area contributed by atoms with Crippen LogP contribution in [0.2, 0.25) is 0 Å². The molecule has 0 radical (unpaired) electrons. The van der Waals surface area contributed by atoms with Crippen molar-refractivity contribution in [3.05, 3.63) is 0 Å². The fourth-order valence-electron chi connectivity index (χ4n) is 2.46. The molecule has 166 valence electrons. The molecule has 0 aliphatic heterocycles. The van der Waals surface area contributed by atoms with Gasteiger partial charge in [0, 0.05) is 0 Å². The number of nitrogens with one attached hydrogen (secondary N) is 3. The fourth-order valence-corrected chi connectivity index (χ4v) is 2.46. The van der Waals surface area contributed by atoms with Gasteiger partial charge in [-0.3, -0.25) is 19.2 Å². The van der Waals surface area contributed by atoms with E-state index in [-0.39, 0.29) is 18.3 Å². The molecule has 0 aromatic rings. The zero-order valence-corrected chi connectivity index (χ0v) is 17.2. The van der Waals surface area contributed by atoms with E-state index in [1.165, 1.54) is 0 Å². The minimum absolute atomic E-state index is 0.0245. The molecule has 0 saturated carbocycles. The van der Waals surface area contributed by atoms with E-state index in [9.17, 15) is 29.1 Å². The molecule has 4 unspecified atom stereocenters. The lowest BCUT2D eigenvalue weighted by Crippen LogP contribution is -2.55. The number of carbonyl (C=O) groups excluding carboxylic acids is 3. The minimum atomic E-state index is -1.30. The Balaban J connectivity index is 4.95. The van der Waals surface area contributed by atoms with Crippen molar-refractivity contribution in [1.29, 1.82) is 0 Å². The van der Waals surface area contributed by atoms with Crippen LogP contribution in [0.3, 0.4) is 0 Å². The van der Waals surface area contributed by atoms with Crippen molar-refractivity contribution < 1.29 is 34.2 Å². The second-order valence-electron chi connectivity index (χ2n) is 7.38. The molecule has 3 amide bonds. The minimum Gasteiger partial charge on any atom is -0.481 e. The average Bonchev–Trinajstić information content (AvgIpc) is 2.61. The summed E-state index contributed by atoms with van der Waals surface area (Å²) in [6.07, 6.45) is 0.218. The Morgan fingerprint density at radius 2 is 1.55 bits per heavy atom. The summed E-state index contributed by atoms with van der Waals surface area (Å²) in [7, 11) is 0. The Hall–Kier alpha value is -2.69. The molecule has 29 heavy (non-hydrogen) atoms. The summed E-state index contributed by atoms with van der Waals surface area (Å²) in [6.45, 7) is 6.68. The summed E-state index contributed by atoms with van der Waals surface area (Å²) in [5, 5.41) is 25.1. The van der Waals surface area contributed by atoms with Crippen molar-refractivity contribution in [3.63, 3.8) is 0 Å². The normalized spacial score (nSPS) is 15.0. The summed E-state index contributed by atoms with van der Waals surface area (Å²) >= 11 is 0. The molecular formula is C18H32N4O7. The highest BCUT2D eigenvalue weighted by Crippen LogP contribution is 2.10. The molecule has 0 rings (SSSR count). The topological polar surface area (TPSA) is 188 Å². The first-order valence-corrected chi connectivity index (χ1v) is 9.46. The summed E-state index contributed by atoms with van der Waals surface area (Å²) in [4.78, 5) is 58.3. The van der Waals surface area contributed by atoms with Crippen molar-refractivity contribution in [2.45, 2.75) is 65.1 Å². The Morgan fingerprint density at radius 1 is 0.966 bits per heavy atom. The first-order chi connectivity index (χ1) is 13.4. The van der Waals surface area contributed by atoms with Gasteiger partial charge in [0.1, 0.15) is 12.1 Å². The van der Waals surface area contributed by atoms with Crippen LogP contribution >= 0.6 is 0 Å². The fraction of sp³-hybridized carbons (Fsp3) is 0.722. The lowest BCUT2D eigenvalue weighted by molar-refractivity contribution is -0.143. The van der Waals surface area contributed by atoms with Crippen LogP contribution in [-0.4, -0.2) is 64.5 Å². The predicted octanol–water partition coefficient (Wildman–Crippen LogP) is -0.949. The van der Waals surface area contributed by atoms with E-state index in [1.54, 1.807) is 13.8 Å². The summed E-state index contributed by atoms with van der Waals surface area (Å²) in [5.74, 6) is -4.82. The molecule has 0 heterocycles. The monoisotopic (exact) mass is 416 g/mol. The first kappa shape index (κ1) is 26.3. The number of hydrogen-bond acceptors (Lipinski definition) is 6. The van der Waals surface area contributed by atoms with Gasteiger partial charge in [-0.05, 0) is 18.3 Å². The third-order valence-electron chi connectivity index (χ3n) is 4.29. The van der Waals surface area contributed by atoms with Gasteiger partial charge in [-0.15, -0.1) is 0 Å². The molecule has 0 aliphatic rings. The maximum Gasteiger partial charge on any atom is 0.326 e. The van der Waals surface area contributed by atoms with Gasteiger partial charge in [0.05, 0.1) is 19.0 Å². The van der Waals surface area contributed by atoms with Gasteiger partial charge in [-0.25, -0.2) is 4.79 Å². The molecule has 0 aromatic carbocycles. The van der Waals surface area contributed by atoms with E-state index in [0.29, 0.717) is 6.42 Å². The molecule has 0 saturated heterocycles. The molecule has 0 spiro atoms. The maximum absolute atomic E-state index is 12.6. The van der Waals surface area contributed by atoms with Crippen molar-refractivity contribution in [2.75, 3.05) is 6.54 Å². The molecule has 0 aromatic heterocycles. The smallest absolute Gasteiger partial charge is 0.326 e. The van der Waals surface area contributed by atoms with E-state index >= 15 is 0 Å². The van der Waals surface area contributed by atoms with Crippen LogP contribution in [0.25, 0.3) is 0 Å². The number of rotatable bonds is 13. The number of nitrogens with two attached hydrogens (primary N) is 1. The molecule has 4 atom stereocenters. The quantitative estimate of drug-likeness (QED) is 0.221. The second-order valence-corrected chi connectivity index (χ2v) is 7.38. The Kier molecular flexibility index (Phi) is 11.5. The van der Waals surface area contributed by atoms with Crippen LogP contribution in [0.1, 0.15) is 47.0 Å². The van der Waals surface area contributed by atoms with Crippen LogP contribution in [-0.2, 0) is 24.0 Å². The van der Waals surface area contributed by atoms with E-state index in [2.05, 4.69) is 16.0 Å². The SMILES string of the molecule is CCC(C)C(NC(=O)C(CC(C)C)NC(=O)CNC(=O)C(N)CC(=O)O)C(=O)O. The molecule has 7 N–H and O–H groups in total. The number of aliphatic carboxylic acids is 2. The van der Waals surface area contributed by atoms with Crippen LogP contribution in [0.15, 0.2) is 0 Å². The predicted molar refractivity (Wildman–Crippen MR) is 104 cm³/mol. The maximum atomic E-state index is 12.6. The van der Waals surface area contributed by atoms with E-state index in [1.807, 2.05) is 13.8 Å². The summed E-state index contributed by atoms with van der Waals surface area (Å²) in [5.41, 5.74) is 5.40. The summed E-state index contributed by atoms with van der Waals surface area (Å²) in [6, 6.07) is -3.38. The van der Waals surface area contributed by atoms with E-state index in [4.69, 9.17) is 10.8 Å². The Labute approximate surface area is 169 Å². The molecule has 11 nitrogen and oxygen atoms in total. The van der Waals surface area contributed by atoms with Crippen LogP contribution in [0, 0.1) is 11.8 Å². The van der Waals surface area contributed by atoms with Gasteiger partial charge >= 0.3 is 11.9 Å². The third kappa shape index (κ3) is 10.4. The molecule has 0 fully saturated rings. The van der Waals surface area contributed by atoms with Crippen LogP contribution in [0.5, 0.6) is 0 Å². The molecule has 11 heteroatoms. The molecule has 0 bridgehead atoms. The Bertz CT molecular complexity index is 609. The van der Waals surface area contributed by atoms with Crippen molar-refractivity contribution in [2.24, 2.45) is 17.6 Å². The van der Waals surface area contributed by atoms with Gasteiger partial charge in [0.15, 0.2) is 0 Å². The third-order valence-corrected chi connectivity index (χ3v) is 4.29. The second kappa shape index (κ2) is 12.7. The number of carbonyl (C=O) groups is 5. The van der Waals surface area contributed by atoms with Crippen LogP contribution < -0.4 is 21.7 Å². The molecular weight excluding hydrogens is 384 g/mol. The number of carboxylic acid groups (broad SMARTS) is 2. The van der Waals surface area contributed by atoms with Gasteiger partial charge < -0.3 is 31.9 Å². The van der Waals surface area contributed by atoms with Gasteiger partial charge in [-0.2, -0.15) is 0 Å². The zero-order valence-electron chi connectivity index (χ0n) is 17.2. The van der Waals surface area contributed by atoms with Crippen molar-refractivity contribution >= 4 is 29.7 Å². The zero-order chi connectivity index (χ0) is 22.7. The highest BCUT2D eigenvalue weighted by Gasteiger charge is 2.30. The number of hydrogen-bond donors (Lipinski definition) is 6. The van der Waals surface area contributed by atoms with Crippen LogP contribution in [0.4, 0.5) is 0 Å². The molecule has 0 aliphatic carbocycles. The standard InChI is InChI=1S/C18H32N4O7/c1-5-10(4)15(18(28)29)22-17(27)12(6-9(2)3)21-13(23)8-20-16(26)11(19)7-14(24)25/h9-12,15H,5-8,19H2,1-4H3,(H,20,26)(H,21,23)(H,22,27)(H,24,25)(H,28,29). The van der Waals surface area contributed by atoms with Crippen molar-refractivity contribution in [3.8, 4) is 0 Å². The average molecular weight is 416 g/mol. The highest BCUT2D eigenvalue weighted by molar-refractivity contribution is 5.93. The highest BCUT2D eigenvalue weighted by atomic mass is 16.4. The number of amides is 3. The Morgan fingerprint density at radius 3 is 2.00 bits per heavy atom. The lowest BCUT2D eigenvalue weighted by Gasteiger charge is -2.25. The van der Waals surface area contributed by atoms with Gasteiger partial charge in [0.2, 0.25) is 17.7 Å². The largest absolute Gasteiger partial charge is 0.481 e. The first-order valence-electron chi connectivity index (χ1n) is 9.46. The van der Waals surface area contributed by atoms with Crippen molar-refractivity contribution in [1.82, 2.24) is 16.0 Å². The number of carboxylic acids is 2. The summed E-state index contributed by atoms with van der Waals surface area (Å²) < 4.78 is 0. The van der Waals surface area contributed by atoms with Gasteiger partial charge in [0.25, 0.3) is 0 Å². The van der Waals surface area contributed by atoms with E-state index in [0.717, 1.165) is 0 Å². The van der Waals surface area contributed by atoms with E-state index < -0.39 is 60.8 Å². The lowest BCUT2D eigenvalue weighted by atomic mass is 9.97.